The number of hydrogen-bond acceptors (Lipinski definition) is 5. The number of methoxy groups -OCH3 is 2. The van der Waals surface area contributed by atoms with E-state index in [-0.39, 0.29) is 17.7 Å². The number of nitrogens with zero attached hydrogens (tertiary/aromatic N) is 1. The lowest BCUT2D eigenvalue weighted by molar-refractivity contribution is -0.121. The molecule has 200 valence electrons. The summed E-state index contributed by atoms with van der Waals surface area (Å²) in [5.74, 6) is 0.955. The molecule has 1 unspecified atom stereocenters. The predicted octanol–water partition coefficient (Wildman–Crippen LogP) is 4.84. The summed E-state index contributed by atoms with van der Waals surface area (Å²) >= 11 is 0. The van der Waals surface area contributed by atoms with E-state index in [4.69, 9.17) is 9.47 Å². The van der Waals surface area contributed by atoms with E-state index in [2.05, 4.69) is 46.7 Å². The molecule has 4 rings (SSSR count). The largest absolute Gasteiger partial charge is 0.493 e. The summed E-state index contributed by atoms with van der Waals surface area (Å²) in [5.41, 5.74) is 4.59. The van der Waals surface area contributed by atoms with Crippen molar-refractivity contribution in [3.8, 4) is 11.5 Å². The molecule has 38 heavy (non-hydrogen) atoms. The van der Waals surface area contributed by atoms with Crippen LogP contribution in [-0.4, -0.2) is 50.6 Å². The van der Waals surface area contributed by atoms with Gasteiger partial charge in [0.15, 0.2) is 11.5 Å². The van der Waals surface area contributed by atoms with Gasteiger partial charge in [-0.2, -0.15) is 0 Å². The highest BCUT2D eigenvalue weighted by atomic mass is 16.5. The molecule has 0 radical (unpaired) electrons. The number of carbonyl (C=O) groups excluding carboxylic acids is 2. The molecule has 1 aliphatic rings. The van der Waals surface area contributed by atoms with E-state index in [0.29, 0.717) is 42.3 Å². The van der Waals surface area contributed by atoms with Crippen LogP contribution in [-0.2, 0) is 17.8 Å². The van der Waals surface area contributed by atoms with Crippen molar-refractivity contribution in [3.05, 3.63) is 89.0 Å². The summed E-state index contributed by atoms with van der Waals surface area (Å²) in [6.07, 6.45) is 2.46. The van der Waals surface area contributed by atoms with Crippen LogP contribution >= 0.6 is 0 Å². The summed E-state index contributed by atoms with van der Waals surface area (Å²) in [4.78, 5) is 28.6. The van der Waals surface area contributed by atoms with E-state index in [0.717, 1.165) is 31.5 Å². The van der Waals surface area contributed by atoms with Crippen molar-refractivity contribution in [2.45, 2.75) is 32.7 Å². The molecule has 0 aromatic heterocycles. The fourth-order valence-corrected chi connectivity index (χ4v) is 4.92. The number of rotatable bonds is 10. The van der Waals surface area contributed by atoms with Crippen molar-refractivity contribution < 1.29 is 19.1 Å². The van der Waals surface area contributed by atoms with Crippen molar-refractivity contribution in [2.75, 3.05) is 39.2 Å². The first kappa shape index (κ1) is 27.2. The minimum Gasteiger partial charge on any atom is -0.493 e. The Labute approximate surface area is 225 Å². The van der Waals surface area contributed by atoms with Gasteiger partial charge < -0.3 is 20.1 Å². The van der Waals surface area contributed by atoms with Gasteiger partial charge in [-0.25, -0.2) is 0 Å². The van der Waals surface area contributed by atoms with Gasteiger partial charge in [0.05, 0.1) is 31.4 Å². The lowest BCUT2D eigenvalue weighted by atomic mass is 9.96. The van der Waals surface area contributed by atoms with Gasteiger partial charge in [0.1, 0.15) is 0 Å². The minimum atomic E-state index is -0.216. The molecule has 7 nitrogen and oxygen atoms in total. The average Bonchev–Trinajstić information content (AvgIpc) is 2.94. The average molecular weight is 516 g/mol. The third-order valence-corrected chi connectivity index (χ3v) is 7.11. The van der Waals surface area contributed by atoms with Crippen LogP contribution in [0, 0.1) is 12.8 Å². The third-order valence-electron chi connectivity index (χ3n) is 7.11. The van der Waals surface area contributed by atoms with E-state index in [1.807, 2.05) is 30.3 Å². The molecule has 0 aliphatic carbocycles. The second kappa shape index (κ2) is 13.1. The highest BCUT2D eigenvalue weighted by Crippen LogP contribution is 2.28. The van der Waals surface area contributed by atoms with Gasteiger partial charge in [-0.05, 0) is 73.7 Å². The molecule has 1 atom stereocenters. The van der Waals surface area contributed by atoms with E-state index >= 15 is 0 Å². The van der Waals surface area contributed by atoms with Crippen molar-refractivity contribution >= 4 is 17.5 Å². The Morgan fingerprint density at radius 3 is 2.53 bits per heavy atom. The topological polar surface area (TPSA) is 79.9 Å². The van der Waals surface area contributed by atoms with Crippen LogP contribution in [0.5, 0.6) is 11.5 Å². The Balaban J connectivity index is 1.33. The molecule has 1 fully saturated rings. The van der Waals surface area contributed by atoms with Gasteiger partial charge in [0, 0.05) is 19.6 Å². The van der Waals surface area contributed by atoms with Crippen LogP contribution in [0.4, 0.5) is 5.69 Å². The Hall–Kier alpha value is -3.84. The Bertz CT molecular complexity index is 1260. The minimum absolute atomic E-state index is 0.0370. The van der Waals surface area contributed by atoms with E-state index < -0.39 is 0 Å². The zero-order chi connectivity index (χ0) is 26.9. The lowest BCUT2D eigenvalue weighted by Gasteiger charge is -2.32. The molecular weight excluding hydrogens is 478 g/mol. The SMILES string of the molecule is COc1ccc(CCNC(=O)c2ccccc2NC(=O)C2CCCN(Cc3ccccc3C)C2)cc1OC. The molecule has 0 bridgehead atoms. The molecule has 0 spiro atoms. The number of nitrogens with one attached hydrogen (secondary N) is 2. The van der Waals surface area contributed by atoms with Crippen molar-refractivity contribution in [1.82, 2.24) is 10.2 Å². The fraction of sp³-hybridized carbons (Fsp3) is 0.355. The molecule has 7 heteroatoms. The smallest absolute Gasteiger partial charge is 0.253 e. The summed E-state index contributed by atoms with van der Waals surface area (Å²) in [7, 11) is 3.20. The van der Waals surface area contributed by atoms with Gasteiger partial charge >= 0.3 is 0 Å². The first-order chi connectivity index (χ1) is 18.5. The fourth-order valence-electron chi connectivity index (χ4n) is 4.92. The molecule has 2 N–H and O–H groups in total. The molecule has 0 saturated carbocycles. The monoisotopic (exact) mass is 515 g/mol. The maximum absolute atomic E-state index is 13.2. The number of ether oxygens (including phenoxy) is 2. The standard InChI is InChI=1S/C31H37N3O4/c1-22-9-4-5-10-24(22)20-34-18-8-11-25(21-34)30(35)33-27-13-7-6-12-26(27)31(36)32-17-16-23-14-15-28(37-2)29(19-23)38-3/h4-7,9-10,12-15,19,25H,8,11,16-18,20-21H2,1-3H3,(H,32,36)(H,33,35). The van der Waals surface area contributed by atoms with Crippen LogP contribution < -0.4 is 20.1 Å². The van der Waals surface area contributed by atoms with Crippen LogP contribution in [0.25, 0.3) is 0 Å². The number of para-hydroxylation sites is 1. The van der Waals surface area contributed by atoms with Gasteiger partial charge in [0.25, 0.3) is 5.91 Å². The second-order valence-electron chi connectivity index (χ2n) is 9.73. The van der Waals surface area contributed by atoms with Crippen LogP contribution in [0.2, 0.25) is 0 Å². The number of benzene rings is 3. The number of amides is 2. The Morgan fingerprint density at radius 1 is 0.974 bits per heavy atom. The van der Waals surface area contributed by atoms with Gasteiger partial charge in [-0.15, -0.1) is 0 Å². The van der Waals surface area contributed by atoms with Crippen LogP contribution in [0.3, 0.4) is 0 Å². The molecular formula is C31H37N3O4. The molecule has 1 heterocycles. The summed E-state index contributed by atoms with van der Waals surface area (Å²) in [6, 6.07) is 21.3. The molecule has 3 aromatic carbocycles. The third kappa shape index (κ3) is 6.92. The van der Waals surface area contributed by atoms with Crippen molar-refractivity contribution in [2.24, 2.45) is 5.92 Å². The van der Waals surface area contributed by atoms with Gasteiger partial charge in [-0.1, -0.05) is 42.5 Å². The van der Waals surface area contributed by atoms with Crippen molar-refractivity contribution in [1.29, 1.82) is 0 Å². The predicted molar refractivity (Wildman–Crippen MR) is 150 cm³/mol. The molecule has 1 aliphatic heterocycles. The highest BCUT2D eigenvalue weighted by molar-refractivity contribution is 6.04. The van der Waals surface area contributed by atoms with Crippen LogP contribution in [0.1, 0.15) is 39.9 Å². The molecule has 1 saturated heterocycles. The number of anilines is 1. The zero-order valence-electron chi connectivity index (χ0n) is 22.5. The normalized spacial score (nSPS) is 15.5. The Morgan fingerprint density at radius 2 is 1.74 bits per heavy atom. The van der Waals surface area contributed by atoms with Crippen molar-refractivity contribution in [3.63, 3.8) is 0 Å². The lowest BCUT2D eigenvalue weighted by Crippen LogP contribution is -2.40. The van der Waals surface area contributed by atoms with E-state index in [9.17, 15) is 9.59 Å². The second-order valence-corrected chi connectivity index (χ2v) is 9.73. The van der Waals surface area contributed by atoms with E-state index in [1.165, 1.54) is 11.1 Å². The maximum Gasteiger partial charge on any atom is 0.253 e. The number of hydrogen-bond donors (Lipinski definition) is 2. The quantitative estimate of drug-likeness (QED) is 0.404. The summed E-state index contributed by atoms with van der Waals surface area (Å²) < 4.78 is 10.6. The first-order valence-electron chi connectivity index (χ1n) is 13.1. The Kier molecular flexibility index (Phi) is 9.38. The number of piperidine rings is 1. The number of aryl methyl sites for hydroxylation is 1. The van der Waals surface area contributed by atoms with Crippen LogP contribution in [0.15, 0.2) is 66.7 Å². The van der Waals surface area contributed by atoms with Gasteiger partial charge in [0.2, 0.25) is 5.91 Å². The van der Waals surface area contributed by atoms with Gasteiger partial charge in [-0.3, -0.25) is 14.5 Å². The molecule has 2 amide bonds. The zero-order valence-corrected chi connectivity index (χ0v) is 22.5. The van der Waals surface area contributed by atoms with E-state index in [1.54, 1.807) is 26.4 Å². The maximum atomic E-state index is 13.2. The first-order valence-corrected chi connectivity index (χ1v) is 13.1. The summed E-state index contributed by atoms with van der Waals surface area (Å²) in [5, 5.41) is 6.01. The molecule has 3 aromatic rings. The number of carbonyl (C=O) groups is 2. The highest BCUT2D eigenvalue weighted by Gasteiger charge is 2.27. The summed E-state index contributed by atoms with van der Waals surface area (Å²) in [6.45, 7) is 5.11. The number of likely N-dealkylation sites (tertiary alicyclic amines) is 1.